The zero-order valence-corrected chi connectivity index (χ0v) is 12.3. The third kappa shape index (κ3) is 6.86. The van der Waals surface area contributed by atoms with Gasteiger partial charge in [-0.25, -0.2) is 4.79 Å². The highest BCUT2D eigenvalue weighted by Gasteiger charge is 2.12. The van der Waals surface area contributed by atoms with Crippen LogP contribution in [0.3, 0.4) is 0 Å². The molecule has 0 aromatic rings. The van der Waals surface area contributed by atoms with Gasteiger partial charge in [-0.1, -0.05) is 22.6 Å². The fourth-order valence-electron chi connectivity index (χ4n) is 0.870. The van der Waals surface area contributed by atoms with Crippen LogP contribution in [0.1, 0.15) is 20.8 Å². The molecule has 0 radical (unpaired) electrons. The van der Waals surface area contributed by atoms with Crippen LogP contribution in [-0.4, -0.2) is 47.1 Å². The molecule has 1 atom stereocenters. The number of ether oxygens (including phenoxy) is 1. The minimum atomic E-state index is -0.369. The molecule has 0 saturated carbocycles. The summed E-state index contributed by atoms with van der Waals surface area (Å²) in [5.74, 6) is -0.0220. The number of rotatable bonds is 5. The number of carbonyl (C=O) groups excluding carboxylic acids is 2. The Morgan fingerprint density at radius 1 is 1.38 bits per heavy atom. The summed E-state index contributed by atoms with van der Waals surface area (Å²) in [7, 11) is 1.64. The topological polar surface area (TPSA) is 58.6 Å². The quantitative estimate of drug-likeness (QED) is 0.607. The van der Waals surface area contributed by atoms with Crippen LogP contribution in [0, 0.1) is 0 Å². The highest BCUT2D eigenvalue weighted by molar-refractivity contribution is 14.1. The minimum absolute atomic E-state index is 0.0220. The SMILES string of the molecule is CC(C)OC(=O)N(C)CCNC(=O)C(C)I. The molecule has 1 unspecified atom stereocenters. The van der Waals surface area contributed by atoms with Gasteiger partial charge >= 0.3 is 6.09 Å². The molecule has 1 N–H and O–H groups in total. The normalized spacial score (nSPS) is 12.1. The van der Waals surface area contributed by atoms with Crippen molar-refractivity contribution in [3.05, 3.63) is 0 Å². The van der Waals surface area contributed by atoms with Crippen molar-refractivity contribution in [2.24, 2.45) is 0 Å². The number of halogens is 1. The number of nitrogens with one attached hydrogen (secondary N) is 1. The highest BCUT2D eigenvalue weighted by atomic mass is 127. The van der Waals surface area contributed by atoms with Gasteiger partial charge in [-0.05, 0) is 20.8 Å². The van der Waals surface area contributed by atoms with E-state index in [1.807, 2.05) is 29.5 Å². The summed E-state index contributed by atoms with van der Waals surface area (Å²) >= 11 is 2.04. The van der Waals surface area contributed by atoms with Crippen molar-refractivity contribution in [1.29, 1.82) is 0 Å². The van der Waals surface area contributed by atoms with Gasteiger partial charge in [0.2, 0.25) is 5.91 Å². The van der Waals surface area contributed by atoms with E-state index < -0.39 is 0 Å². The monoisotopic (exact) mass is 342 g/mol. The third-order valence-electron chi connectivity index (χ3n) is 1.76. The summed E-state index contributed by atoms with van der Waals surface area (Å²) in [6.07, 6.45) is -0.495. The van der Waals surface area contributed by atoms with E-state index in [2.05, 4.69) is 5.32 Å². The second kappa shape index (κ2) is 7.70. The molecule has 5 nitrogen and oxygen atoms in total. The first-order valence-electron chi connectivity index (χ1n) is 5.18. The van der Waals surface area contributed by atoms with E-state index in [0.717, 1.165) is 0 Å². The molecule has 0 rings (SSSR count). The van der Waals surface area contributed by atoms with Gasteiger partial charge in [0.1, 0.15) is 0 Å². The smallest absolute Gasteiger partial charge is 0.409 e. The number of hydrogen-bond donors (Lipinski definition) is 1. The Morgan fingerprint density at radius 2 is 1.94 bits per heavy atom. The molecule has 0 aromatic heterocycles. The number of nitrogens with zero attached hydrogens (tertiary/aromatic N) is 1. The maximum absolute atomic E-state index is 11.4. The van der Waals surface area contributed by atoms with E-state index in [-0.39, 0.29) is 22.0 Å². The maximum atomic E-state index is 11.4. The van der Waals surface area contributed by atoms with Gasteiger partial charge in [0.15, 0.2) is 0 Å². The second-order valence-corrected chi connectivity index (χ2v) is 5.63. The number of carbonyl (C=O) groups is 2. The molecule has 0 aromatic carbocycles. The van der Waals surface area contributed by atoms with Crippen LogP contribution in [0.25, 0.3) is 0 Å². The van der Waals surface area contributed by atoms with Gasteiger partial charge in [-0.15, -0.1) is 0 Å². The van der Waals surface area contributed by atoms with E-state index in [1.165, 1.54) is 4.90 Å². The van der Waals surface area contributed by atoms with Crippen molar-refractivity contribution < 1.29 is 14.3 Å². The van der Waals surface area contributed by atoms with Crippen LogP contribution >= 0.6 is 22.6 Å². The van der Waals surface area contributed by atoms with Crippen LogP contribution < -0.4 is 5.32 Å². The van der Waals surface area contributed by atoms with Gasteiger partial charge in [-0.3, -0.25) is 4.79 Å². The first-order chi connectivity index (χ1) is 7.34. The largest absolute Gasteiger partial charge is 0.447 e. The van der Waals surface area contributed by atoms with E-state index in [9.17, 15) is 9.59 Å². The number of likely N-dealkylation sites (N-methyl/N-ethyl adjacent to an activating group) is 1. The third-order valence-corrected chi connectivity index (χ3v) is 2.32. The van der Waals surface area contributed by atoms with Crippen LogP contribution in [0.5, 0.6) is 0 Å². The Labute approximate surface area is 110 Å². The molecule has 0 aliphatic carbocycles. The predicted octanol–water partition coefficient (Wildman–Crippen LogP) is 1.40. The summed E-state index contributed by atoms with van der Waals surface area (Å²) in [6, 6.07) is 0. The number of hydrogen-bond acceptors (Lipinski definition) is 3. The molecule has 0 fully saturated rings. The first-order valence-corrected chi connectivity index (χ1v) is 6.42. The molecular formula is C10H19IN2O3. The van der Waals surface area contributed by atoms with E-state index in [1.54, 1.807) is 20.9 Å². The van der Waals surface area contributed by atoms with Crippen LogP contribution in [-0.2, 0) is 9.53 Å². The van der Waals surface area contributed by atoms with Crippen LogP contribution in [0.2, 0.25) is 0 Å². The Balaban J connectivity index is 3.77. The molecule has 0 aliphatic rings. The standard InChI is InChI=1S/C10H19IN2O3/c1-7(2)16-10(15)13(4)6-5-12-9(14)8(3)11/h7-8H,5-6H2,1-4H3,(H,12,14). The molecule has 0 saturated heterocycles. The summed E-state index contributed by atoms with van der Waals surface area (Å²) in [4.78, 5) is 24.0. The molecule has 16 heavy (non-hydrogen) atoms. The second-order valence-electron chi connectivity index (χ2n) is 3.76. The molecule has 0 bridgehead atoms. The molecule has 0 spiro atoms. The average molecular weight is 342 g/mol. The lowest BCUT2D eigenvalue weighted by molar-refractivity contribution is -0.120. The Morgan fingerprint density at radius 3 is 2.38 bits per heavy atom. The van der Waals surface area contributed by atoms with Crippen molar-refractivity contribution in [3.8, 4) is 0 Å². The van der Waals surface area contributed by atoms with Crippen molar-refractivity contribution in [1.82, 2.24) is 10.2 Å². The molecule has 0 heterocycles. The van der Waals surface area contributed by atoms with Crippen molar-refractivity contribution in [3.63, 3.8) is 0 Å². The van der Waals surface area contributed by atoms with E-state index >= 15 is 0 Å². The summed E-state index contributed by atoms with van der Waals surface area (Å²) in [5.41, 5.74) is 0. The van der Waals surface area contributed by atoms with Crippen molar-refractivity contribution >= 4 is 34.6 Å². The van der Waals surface area contributed by atoms with Gasteiger partial charge in [-0.2, -0.15) is 0 Å². The molecule has 2 amide bonds. The van der Waals surface area contributed by atoms with Crippen LogP contribution in [0.4, 0.5) is 4.79 Å². The molecular weight excluding hydrogens is 323 g/mol. The molecule has 94 valence electrons. The fraction of sp³-hybridized carbons (Fsp3) is 0.800. The van der Waals surface area contributed by atoms with E-state index in [0.29, 0.717) is 13.1 Å². The van der Waals surface area contributed by atoms with Gasteiger partial charge in [0.25, 0.3) is 0 Å². The highest BCUT2D eigenvalue weighted by Crippen LogP contribution is 1.97. The lowest BCUT2D eigenvalue weighted by Crippen LogP contribution is -2.38. The Kier molecular flexibility index (Phi) is 7.44. The summed E-state index contributed by atoms with van der Waals surface area (Å²) in [5, 5.41) is 2.73. The van der Waals surface area contributed by atoms with Gasteiger partial charge in [0.05, 0.1) is 10.0 Å². The maximum Gasteiger partial charge on any atom is 0.409 e. The van der Waals surface area contributed by atoms with Crippen LogP contribution in [0.15, 0.2) is 0 Å². The fourth-order valence-corrected chi connectivity index (χ4v) is 1.09. The van der Waals surface area contributed by atoms with Crippen molar-refractivity contribution in [2.45, 2.75) is 30.8 Å². The average Bonchev–Trinajstić information content (AvgIpc) is 2.15. The summed E-state index contributed by atoms with van der Waals surface area (Å²) in [6.45, 7) is 6.29. The van der Waals surface area contributed by atoms with Crippen molar-refractivity contribution in [2.75, 3.05) is 20.1 Å². The molecule has 0 aliphatic heterocycles. The molecule has 6 heteroatoms. The first kappa shape index (κ1) is 15.5. The van der Waals surface area contributed by atoms with Gasteiger partial charge in [0, 0.05) is 20.1 Å². The Bertz CT molecular complexity index is 244. The minimum Gasteiger partial charge on any atom is -0.447 e. The lowest BCUT2D eigenvalue weighted by atomic mass is 10.4. The predicted molar refractivity (Wildman–Crippen MR) is 70.7 cm³/mol. The summed E-state index contributed by atoms with van der Waals surface area (Å²) < 4.78 is 4.93. The van der Waals surface area contributed by atoms with E-state index in [4.69, 9.17) is 4.74 Å². The number of amides is 2. The zero-order valence-electron chi connectivity index (χ0n) is 10.1. The van der Waals surface area contributed by atoms with Gasteiger partial charge < -0.3 is 15.0 Å². The lowest BCUT2D eigenvalue weighted by Gasteiger charge is -2.19. The Hall–Kier alpha value is -0.530. The number of alkyl halides is 1. The zero-order chi connectivity index (χ0) is 12.7.